The maximum Gasteiger partial charge on any atom is 0.305 e. The molecule has 0 fully saturated rings. The van der Waals surface area contributed by atoms with Crippen LogP contribution in [0.25, 0.3) is 0 Å². The summed E-state index contributed by atoms with van der Waals surface area (Å²) in [5.41, 5.74) is 0.0575. The molecule has 0 N–H and O–H groups in total. The fourth-order valence-corrected chi connectivity index (χ4v) is 8.51. The molecule has 0 unspecified atom stereocenters. The number of unbranched alkanes of at least 4 members (excludes halogenated alkanes) is 26. The third kappa shape index (κ3) is 45.9. The number of allylic oxidation sites excluding steroid dienone is 12. The van der Waals surface area contributed by atoms with Crippen molar-refractivity contribution in [3.8, 4) is 0 Å². The van der Waals surface area contributed by atoms with Gasteiger partial charge in [0.1, 0.15) is 0 Å². The van der Waals surface area contributed by atoms with Crippen LogP contribution >= 0.6 is 0 Å². The SMILES string of the molecule is CCCCCC=CCC=CCCCCCCCC(=O)OCC(CCCCCCCC/C=C\C/C=C\CCCCC)(CCCCCCCC/C=C\C/C=C\CCCCC)CN(C)C. The Balaban J connectivity index is 4.71. The van der Waals surface area contributed by atoms with E-state index in [1.807, 2.05) is 0 Å². The van der Waals surface area contributed by atoms with Crippen LogP contribution in [-0.4, -0.2) is 38.1 Å². The first-order chi connectivity index (χ1) is 30.5. The van der Waals surface area contributed by atoms with Gasteiger partial charge in [-0.3, -0.25) is 4.79 Å². The third-order valence-corrected chi connectivity index (χ3v) is 12.3. The van der Waals surface area contributed by atoms with Crippen molar-refractivity contribution < 1.29 is 9.53 Å². The smallest absolute Gasteiger partial charge is 0.305 e. The average molecular weight is 863 g/mol. The Labute approximate surface area is 389 Å². The molecule has 0 aliphatic rings. The highest BCUT2D eigenvalue weighted by Crippen LogP contribution is 2.34. The summed E-state index contributed by atoms with van der Waals surface area (Å²) in [6.45, 7) is 8.39. The van der Waals surface area contributed by atoms with E-state index in [4.69, 9.17) is 4.74 Å². The molecule has 62 heavy (non-hydrogen) atoms. The van der Waals surface area contributed by atoms with Crippen molar-refractivity contribution in [2.24, 2.45) is 5.41 Å². The Morgan fingerprint density at radius 3 is 1.00 bits per heavy atom. The van der Waals surface area contributed by atoms with E-state index < -0.39 is 0 Å². The predicted molar refractivity (Wildman–Crippen MR) is 279 cm³/mol. The number of carbonyl (C=O) groups excluding carboxylic acids is 1. The zero-order valence-electron chi connectivity index (χ0n) is 42.5. The lowest BCUT2D eigenvalue weighted by Crippen LogP contribution is -2.38. The lowest BCUT2D eigenvalue weighted by molar-refractivity contribution is -0.148. The predicted octanol–water partition coefficient (Wildman–Crippen LogP) is 19.3. The van der Waals surface area contributed by atoms with E-state index in [1.54, 1.807) is 0 Å². The number of carbonyl (C=O) groups is 1. The molecule has 0 saturated carbocycles. The fraction of sp³-hybridized carbons (Fsp3) is 0.780. The first kappa shape index (κ1) is 59.9. The Kier molecular flexibility index (Phi) is 48.2. The molecule has 0 saturated heterocycles. The van der Waals surface area contributed by atoms with Crippen LogP contribution in [0.4, 0.5) is 0 Å². The summed E-state index contributed by atoms with van der Waals surface area (Å²) in [5, 5.41) is 0. The van der Waals surface area contributed by atoms with Crippen molar-refractivity contribution >= 4 is 5.97 Å². The molecule has 3 heteroatoms. The van der Waals surface area contributed by atoms with Crippen LogP contribution in [0.3, 0.4) is 0 Å². The van der Waals surface area contributed by atoms with Gasteiger partial charge in [0, 0.05) is 18.4 Å². The van der Waals surface area contributed by atoms with E-state index in [2.05, 4.69) is 113 Å². The Morgan fingerprint density at radius 2 is 0.677 bits per heavy atom. The number of esters is 1. The van der Waals surface area contributed by atoms with Crippen molar-refractivity contribution in [1.29, 1.82) is 0 Å². The first-order valence-electron chi connectivity index (χ1n) is 27.2. The largest absolute Gasteiger partial charge is 0.465 e. The normalized spacial score (nSPS) is 12.7. The van der Waals surface area contributed by atoms with E-state index in [-0.39, 0.29) is 11.4 Å². The second-order valence-electron chi connectivity index (χ2n) is 19.0. The minimum atomic E-state index is 0.0212. The second-order valence-corrected chi connectivity index (χ2v) is 19.0. The molecule has 0 aliphatic carbocycles. The zero-order chi connectivity index (χ0) is 45.1. The minimum Gasteiger partial charge on any atom is -0.465 e. The fourth-order valence-electron chi connectivity index (χ4n) is 8.51. The van der Waals surface area contributed by atoms with Gasteiger partial charge in [-0.25, -0.2) is 0 Å². The number of hydrogen-bond acceptors (Lipinski definition) is 3. The molecule has 0 aromatic carbocycles. The molecular formula is C59H107NO2. The van der Waals surface area contributed by atoms with Gasteiger partial charge in [0.05, 0.1) is 6.61 Å². The lowest BCUT2D eigenvalue weighted by atomic mass is 9.78. The summed E-state index contributed by atoms with van der Waals surface area (Å²) in [6, 6.07) is 0. The standard InChI is InChI=1S/C59H107NO2/c1-6-9-12-15-18-21-24-27-30-33-36-39-42-45-48-51-54-59(56-60(4)5,55-52-49-46-43-40-37-34-31-28-25-22-19-16-13-10-7-2)57-62-58(61)53-50-47-44-41-38-35-32-29-26-23-20-17-14-11-8-3/h18-23,27-32H,6-17,24-26,33-57H2,1-5H3/b21-18-,22-19-,23-20?,30-27-,31-28-,32-29?. The van der Waals surface area contributed by atoms with Crippen molar-refractivity contribution in [1.82, 2.24) is 4.90 Å². The summed E-state index contributed by atoms with van der Waals surface area (Å²) >= 11 is 0. The van der Waals surface area contributed by atoms with Gasteiger partial charge in [0.15, 0.2) is 0 Å². The molecule has 0 bridgehead atoms. The van der Waals surface area contributed by atoms with Gasteiger partial charge in [-0.05, 0) is 130 Å². The van der Waals surface area contributed by atoms with Crippen LogP contribution in [0.5, 0.6) is 0 Å². The molecule has 0 atom stereocenters. The third-order valence-electron chi connectivity index (χ3n) is 12.3. The summed E-state index contributed by atoms with van der Waals surface area (Å²) in [7, 11) is 4.41. The maximum absolute atomic E-state index is 13.1. The van der Waals surface area contributed by atoms with Crippen LogP contribution < -0.4 is 0 Å². The highest BCUT2D eigenvalue weighted by Gasteiger charge is 2.32. The van der Waals surface area contributed by atoms with Gasteiger partial charge >= 0.3 is 5.97 Å². The molecule has 0 aromatic rings. The van der Waals surface area contributed by atoms with Crippen molar-refractivity contribution in [2.45, 2.75) is 265 Å². The summed E-state index contributed by atoms with van der Waals surface area (Å²) in [5.74, 6) is 0.0212. The number of rotatable bonds is 48. The number of ether oxygens (including phenoxy) is 1. The van der Waals surface area contributed by atoms with Crippen LogP contribution in [0, 0.1) is 5.41 Å². The van der Waals surface area contributed by atoms with Gasteiger partial charge in [-0.15, -0.1) is 0 Å². The molecule has 360 valence electrons. The van der Waals surface area contributed by atoms with Crippen LogP contribution in [0.1, 0.15) is 265 Å². The second kappa shape index (κ2) is 49.9. The Bertz CT molecular complexity index is 1050. The van der Waals surface area contributed by atoms with E-state index in [9.17, 15) is 4.79 Å². The maximum atomic E-state index is 13.1. The van der Waals surface area contributed by atoms with E-state index in [0.29, 0.717) is 13.0 Å². The summed E-state index contributed by atoms with van der Waals surface area (Å²) in [6.07, 6.45) is 74.9. The van der Waals surface area contributed by atoms with Crippen molar-refractivity contribution in [3.05, 3.63) is 72.9 Å². The van der Waals surface area contributed by atoms with Crippen LogP contribution in [0.15, 0.2) is 72.9 Å². The first-order valence-corrected chi connectivity index (χ1v) is 27.2. The highest BCUT2D eigenvalue weighted by molar-refractivity contribution is 5.69. The quantitative estimate of drug-likeness (QED) is 0.0347. The monoisotopic (exact) mass is 862 g/mol. The van der Waals surface area contributed by atoms with Gasteiger partial charge in [0.2, 0.25) is 0 Å². The van der Waals surface area contributed by atoms with Crippen molar-refractivity contribution in [3.63, 3.8) is 0 Å². The molecule has 3 nitrogen and oxygen atoms in total. The molecule has 0 aliphatic heterocycles. The van der Waals surface area contributed by atoms with Crippen molar-refractivity contribution in [2.75, 3.05) is 27.2 Å². The summed E-state index contributed by atoms with van der Waals surface area (Å²) in [4.78, 5) is 15.4. The molecule has 0 heterocycles. The lowest BCUT2D eigenvalue weighted by Gasteiger charge is -2.36. The summed E-state index contributed by atoms with van der Waals surface area (Å²) < 4.78 is 6.18. The van der Waals surface area contributed by atoms with Gasteiger partial charge in [-0.1, -0.05) is 216 Å². The topological polar surface area (TPSA) is 29.5 Å². The number of hydrogen-bond donors (Lipinski definition) is 0. The molecule has 0 rings (SSSR count). The van der Waals surface area contributed by atoms with E-state index in [1.165, 1.54) is 193 Å². The molecular weight excluding hydrogens is 755 g/mol. The molecule has 0 radical (unpaired) electrons. The van der Waals surface area contributed by atoms with Gasteiger partial charge < -0.3 is 9.64 Å². The minimum absolute atomic E-state index is 0.0212. The Morgan fingerprint density at radius 1 is 0.387 bits per heavy atom. The van der Waals surface area contributed by atoms with Crippen LogP contribution in [0.2, 0.25) is 0 Å². The van der Waals surface area contributed by atoms with Crippen LogP contribution in [-0.2, 0) is 9.53 Å². The van der Waals surface area contributed by atoms with E-state index in [0.717, 1.165) is 51.5 Å². The van der Waals surface area contributed by atoms with Gasteiger partial charge in [-0.2, -0.15) is 0 Å². The molecule has 0 aromatic heterocycles. The zero-order valence-corrected chi connectivity index (χ0v) is 42.5. The number of nitrogens with zero attached hydrogens (tertiary/aromatic N) is 1. The average Bonchev–Trinajstić information content (AvgIpc) is 3.26. The molecule has 0 amide bonds. The molecule has 0 spiro atoms. The van der Waals surface area contributed by atoms with Gasteiger partial charge in [0.25, 0.3) is 0 Å². The van der Waals surface area contributed by atoms with E-state index >= 15 is 0 Å². The highest BCUT2D eigenvalue weighted by atomic mass is 16.5. The Hall–Kier alpha value is -2.13.